The minimum Gasteiger partial charge on any atom is -0.497 e. The molecule has 9 nitrogen and oxygen atoms in total. The van der Waals surface area contributed by atoms with Crippen LogP contribution >= 0.6 is 11.8 Å². The van der Waals surface area contributed by atoms with Gasteiger partial charge in [-0.1, -0.05) is 17.8 Å². The van der Waals surface area contributed by atoms with Crippen LogP contribution < -0.4 is 15.6 Å². The summed E-state index contributed by atoms with van der Waals surface area (Å²) in [4.78, 5) is 24.8. The third kappa shape index (κ3) is 4.02. The molecular formula is C19H17N5O4S. The minimum absolute atomic E-state index is 0.139. The van der Waals surface area contributed by atoms with Gasteiger partial charge in [0, 0.05) is 18.5 Å². The van der Waals surface area contributed by atoms with Crippen LogP contribution in [0.25, 0.3) is 11.3 Å². The Morgan fingerprint density at radius 1 is 1.24 bits per heavy atom. The molecule has 0 fully saturated rings. The molecule has 10 heteroatoms. The van der Waals surface area contributed by atoms with E-state index in [1.54, 1.807) is 66.6 Å². The molecule has 0 saturated heterocycles. The summed E-state index contributed by atoms with van der Waals surface area (Å²) in [6.45, 7) is 0.318. The predicted octanol–water partition coefficient (Wildman–Crippen LogP) is 1.89. The van der Waals surface area contributed by atoms with Gasteiger partial charge in [-0.15, -0.1) is 10.2 Å². The molecule has 3 heterocycles. The number of carbonyl (C=O) groups excluding carboxylic acids is 1. The number of aromatic nitrogens is 4. The van der Waals surface area contributed by atoms with Crippen LogP contribution in [-0.4, -0.2) is 37.9 Å². The van der Waals surface area contributed by atoms with Crippen molar-refractivity contribution in [1.82, 2.24) is 24.5 Å². The summed E-state index contributed by atoms with van der Waals surface area (Å²) in [5.74, 6) is 1.29. The molecule has 3 aromatic heterocycles. The fourth-order valence-electron chi connectivity index (χ4n) is 2.71. The van der Waals surface area contributed by atoms with Crippen molar-refractivity contribution in [3.05, 3.63) is 71.2 Å². The SMILES string of the molecule is COc1cccc(-n2ccn3c(SCC(=O)NCc4ccco4)nnc3c2=O)c1. The summed E-state index contributed by atoms with van der Waals surface area (Å²) in [6, 6.07) is 10.7. The van der Waals surface area contributed by atoms with Crippen LogP contribution in [0.4, 0.5) is 0 Å². The van der Waals surface area contributed by atoms with Gasteiger partial charge in [-0.25, -0.2) is 0 Å². The van der Waals surface area contributed by atoms with Crippen molar-refractivity contribution >= 4 is 23.3 Å². The molecule has 29 heavy (non-hydrogen) atoms. The van der Waals surface area contributed by atoms with Gasteiger partial charge < -0.3 is 14.5 Å². The van der Waals surface area contributed by atoms with E-state index >= 15 is 0 Å². The Balaban J connectivity index is 1.49. The number of fused-ring (bicyclic) bond motifs is 1. The lowest BCUT2D eigenvalue weighted by Gasteiger charge is -2.08. The summed E-state index contributed by atoms with van der Waals surface area (Å²) < 4.78 is 13.4. The van der Waals surface area contributed by atoms with Gasteiger partial charge in [0.2, 0.25) is 11.6 Å². The number of ether oxygens (including phenoxy) is 1. The number of amides is 1. The highest BCUT2D eigenvalue weighted by atomic mass is 32.2. The highest BCUT2D eigenvalue weighted by Crippen LogP contribution is 2.18. The molecule has 0 unspecified atom stereocenters. The number of thioether (sulfide) groups is 1. The van der Waals surface area contributed by atoms with Gasteiger partial charge in [-0.05, 0) is 24.3 Å². The maximum atomic E-state index is 12.8. The summed E-state index contributed by atoms with van der Waals surface area (Å²) >= 11 is 1.20. The minimum atomic E-state index is -0.317. The van der Waals surface area contributed by atoms with Gasteiger partial charge in [-0.2, -0.15) is 0 Å². The van der Waals surface area contributed by atoms with E-state index in [9.17, 15) is 9.59 Å². The zero-order valence-electron chi connectivity index (χ0n) is 15.4. The summed E-state index contributed by atoms with van der Waals surface area (Å²) in [7, 11) is 1.57. The van der Waals surface area contributed by atoms with E-state index in [0.29, 0.717) is 28.9 Å². The quantitative estimate of drug-likeness (QED) is 0.463. The first-order valence-corrected chi connectivity index (χ1v) is 9.67. The van der Waals surface area contributed by atoms with Crippen molar-refractivity contribution in [2.24, 2.45) is 0 Å². The molecule has 4 rings (SSSR count). The van der Waals surface area contributed by atoms with Gasteiger partial charge >= 0.3 is 5.56 Å². The van der Waals surface area contributed by atoms with Gasteiger partial charge in [0.15, 0.2) is 5.16 Å². The van der Waals surface area contributed by atoms with Crippen LogP contribution in [0, 0.1) is 0 Å². The molecule has 0 atom stereocenters. The molecule has 0 bridgehead atoms. The molecule has 1 amide bonds. The second-order valence-electron chi connectivity index (χ2n) is 6.00. The molecule has 1 N–H and O–H groups in total. The van der Waals surface area contributed by atoms with Crippen molar-refractivity contribution in [3.63, 3.8) is 0 Å². The zero-order valence-corrected chi connectivity index (χ0v) is 16.3. The zero-order chi connectivity index (χ0) is 20.2. The number of furan rings is 1. The third-order valence-corrected chi connectivity index (χ3v) is 5.09. The maximum Gasteiger partial charge on any atom is 0.300 e. The second kappa shape index (κ2) is 8.23. The fourth-order valence-corrected chi connectivity index (χ4v) is 3.46. The van der Waals surface area contributed by atoms with Crippen LogP contribution in [-0.2, 0) is 11.3 Å². The fraction of sp³-hybridized carbons (Fsp3) is 0.158. The number of hydrogen-bond donors (Lipinski definition) is 1. The summed E-state index contributed by atoms with van der Waals surface area (Å²) in [5, 5.41) is 11.3. The maximum absolute atomic E-state index is 12.8. The summed E-state index contributed by atoms with van der Waals surface area (Å²) in [6.07, 6.45) is 4.88. The average Bonchev–Trinajstić information content (AvgIpc) is 3.41. The van der Waals surface area contributed by atoms with E-state index < -0.39 is 0 Å². The molecular weight excluding hydrogens is 394 g/mol. The highest BCUT2D eigenvalue weighted by molar-refractivity contribution is 7.99. The van der Waals surface area contributed by atoms with Gasteiger partial charge in [0.1, 0.15) is 11.5 Å². The second-order valence-corrected chi connectivity index (χ2v) is 6.94. The number of rotatable bonds is 7. The van der Waals surface area contributed by atoms with Crippen LogP contribution in [0.15, 0.2) is 69.4 Å². The lowest BCUT2D eigenvalue weighted by molar-refractivity contribution is -0.118. The molecule has 0 saturated carbocycles. The predicted molar refractivity (Wildman–Crippen MR) is 106 cm³/mol. The Morgan fingerprint density at radius 3 is 2.93 bits per heavy atom. The smallest absolute Gasteiger partial charge is 0.300 e. The monoisotopic (exact) mass is 411 g/mol. The molecule has 0 aliphatic rings. The lowest BCUT2D eigenvalue weighted by Crippen LogP contribution is -2.24. The average molecular weight is 411 g/mol. The number of nitrogens with one attached hydrogen (secondary N) is 1. The molecule has 4 aromatic rings. The Bertz CT molecular complexity index is 1200. The number of hydrogen-bond acceptors (Lipinski definition) is 7. The molecule has 148 valence electrons. The van der Waals surface area contributed by atoms with Crippen molar-refractivity contribution < 1.29 is 13.9 Å². The van der Waals surface area contributed by atoms with Crippen LogP contribution in [0.3, 0.4) is 0 Å². The molecule has 1 aromatic carbocycles. The normalized spacial score (nSPS) is 10.9. The molecule has 0 aliphatic heterocycles. The van der Waals surface area contributed by atoms with E-state index in [0.717, 1.165) is 0 Å². The highest BCUT2D eigenvalue weighted by Gasteiger charge is 2.14. The van der Waals surface area contributed by atoms with Crippen molar-refractivity contribution in [2.45, 2.75) is 11.7 Å². The standard InChI is InChI=1S/C19H17N5O4S/c1-27-14-5-2-4-13(10-14)23-7-8-24-17(18(23)26)21-22-19(24)29-12-16(25)20-11-15-6-3-9-28-15/h2-10H,11-12H2,1H3,(H,20,25). The van der Waals surface area contributed by atoms with Crippen LogP contribution in [0.5, 0.6) is 5.75 Å². The third-order valence-electron chi connectivity index (χ3n) is 4.14. The van der Waals surface area contributed by atoms with Crippen LogP contribution in [0.1, 0.15) is 5.76 Å². The number of methoxy groups -OCH3 is 1. The topological polar surface area (TPSA) is 104 Å². The Kier molecular flexibility index (Phi) is 5.34. The van der Waals surface area contributed by atoms with Gasteiger partial charge in [0.25, 0.3) is 0 Å². The first kappa shape index (κ1) is 18.8. The Labute approximate surface area is 169 Å². The number of benzene rings is 1. The van der Waals surface area contributed by atoms with Gasteiger partial charge in [0.05, 0.1) is 31.4 Å². The van der Waals surface area contributed by atoms with E-state index in [1.807, 2.05) is 0 Å². The Hall–Kier alpha value is -3.53. The van der Waals surface area contributed by atoms with Crippen molar-refractivity contribution in [2.75, 3.05) is 12.9 Å². The van der Waals surface area contributed by atoms with Crippen molar-refractivity contribution in [3.8, 4) is 11.4 Å². The Morgan fingerprint density at radius 2 is 2.14 bits per heavy atom. The lowest BCUT2D eigenvalue weighted by atomic mass is 10.3. The molecule has 0 spiro atoms. The van der Waals surface area contributed by atoms with Gasteiger partial charge in [-0.3, -0.25) is 18.6 Å². The first-order chi connectivity index (χ1) is 14.2. The number of nitrogens with zero attached hydrogens (tertiary/aromatic N) is 4. The molecule has 0 radical (unpaired) electrons. The van der Waals surface area contributed by atoms with Crippen LogP contribution in [0.2, 0.25) is 0 Å². The number of carbonyl (C=O) groups is 1. The van der Waals surface area contributed by atoms with E-state index in [4.69, 9.17) is 9.15 Å². The van der Waals surface area contributed by atoms with E-state index in [-0.39, 0.29) is 22.9 Å². The van der Waals surface area contributed by atoms with E-state index in [2.05, 4.69) is 15.5 Å². The van der Waals surface area contributed by atoms with Crippen molar-refractivity contribution in [1.29, 1.82) is 0 Å². The van der Waals surface area contributed by atoms with E-state index in [1.165, 1.54) is 16.3 Å². The summed E-state index contributed by atoms with van der Waals surface area (Å²) in [5.41, 5.74) is 0.516. The first-order valence-electron chi connectivity index (χ1n) is 8.68. The largest absolute Gasteiger partial charge is 0.497 e. The molecule has 0 aliphatic carbocycles.